The minimum atomic E-state index is -0.137. The number of ether oxygens (including phenoxy) is 2. The Kier molecular flexibility index (Phi) is 4.33. The Morgan fingerprint density at radius 3 is 2.83 bits per heavy atom. The lowest BCUT2D eigenvalue weighted by atomic mass is 10.1. The number of carbonyl (C=O) groups is 1. The molecule has 2 aromatic carbocycles. The van der Waals surface area contributed by atoms with Crippen molar-refractivity contribution in [1.82, 2.24) is 0 Å². The van der Waals surface area contributed by atoms with Gasteiger partial charge in [0.2, 0.25) is 5.78 Å². The number of para-hydroxylation sites is 1. The first-order chi connectivity index (χ1) is 11.2. The molecule has 4 heteroatoms. The number of unbranched alkanes of at least 4 members (excludes halogenated alkanes) is 1. The van der Waals surface area contributed by atoms with Gasteiger partial charge >= 0.3 is 0 Å². The van der Waals surface area contributed by atoms with E-state index in [2.05, 4.69) is 6.92 Å². The molecule has 118 valence electrons. The van der Waals surface area contributed by atoms with E-state index >= 15 is 0 Å². The normalized spacial score (nSPS) is 14.7. The Hall–Kier alpha value is -2.75. The van der Waals surface area contributed by atoms with Crippen LogP contribution in [-0.4, -0.2) is 17.5 Å². The van der Waals surface area contributed by atoms with E-state index in [4.69, 9.17) is 9.47 Å². The van der Waals surface area contributed by atoms with E-state index in [9.17, 15) is 9.90 Å². The van der Waals surface area contributed by atoms with Crippen molar-refractivity contribution in [3.63, 3.8) is 0 Å². The number of fused-ring (bicyclic) bond motifs is 1. The van der Waals surface area contributed by atoms with Crippen LogP contribution in [0.3, 0.4) is 0 Å². The lowest BCUT2D eigenvalue weighted by molar-refractivity contribution is 0.101. The second-order valence-electron chi connectivity index (χ2n) is 5.37. The van der Waals surface area contributed by atoms with Crippen molar-refractivity contribution in [3.05, 3.63) is 59.4 Å². The molecule has 0 aromatic heterocycles. The Bertz CT molecular complexity index is 762. The predicted octanol–water partition coefficient (Wildman–Crippen LogP) is 4.19. The SMILES string of the molecule is CCCCOc1cc(/C=C2\Oc3ccccc3C2=O)ccc1O. The Morgan fingerprint density at radius 1 is 1.22 bits per heavy atom. The molecular formula is C19H18O4. The average Bonchev–Trinajstić information content (AvgIpc) is 2.87. The maximum Gasteiger partial charge on any atom is 0.231 e. The molecule has 0 bridgehead atoms. The van der Waals surface area contributed by atoms with Crippen LogP contribution in [0.4, 0.5) is 0 Å². The van der Waals surface area contributed by atoms with E-state index in [0.717, 1.165) is 18.4 Å². The summed E-state index contributed by atoms with van der Waals surface area (Å²) in [5.74, 6) is 1.21. The molecule has 4 nitrogen and oxygen atoms in total. The number of hydrogen-bond donors (Lipinski definition) is 1. The van der Waals surface area contributed by atoms with Crippen LogP contribution in [0.1, 0.15) is 35.7 Å². The standard InChI is InChI=1S/C19H18O4/c1-2-3-10-22-17-11-13(8-9-15(17)20)12-18-19(21)14-6-4-5-7-16(14)23-18/h4-9,11-12,20H,2-3,10H2,1H3/b18-12-. The zero-order valence-electron chi connectivity index (χ0n) is 12.9. The number of Topliss-reactive ketones (excluding diaryl/α,β-unsaturated/α-hetero) is 1. The fourth-order valence-electron chi connectivity index (χ4n) is 2.35. The molecule has 0 radical (unpaired) electrons. The summed E-state index contributed by atoms with van der Waals surface area (Å²) in [7, 11) is 0. The summed E-state index contributed by atoms with van der Waals surface area (Å²) in [6.07, 6.45) is 3.60. The first-order valence-electron chi connectivity index (χ1n) is 7.68. The summed E-state index contributed by atoms with van der Waals surface area (Å²) in [6, 6.07) is 12.1. The lowest BCUT2D eigenvalue weighted by Crippen LogP contribution is -1.99. The third kappa shape index (κ3) is 3.21. The first-order valence-corrected chi connectivity index (χ1v) is 7.68. The highest BCUT2D eigenvalue weighted by molar-refractivity contribution is 6.14. The third-order valence-corrected chi connectivity index (χ3v) is 3.61. The van der Waals surface area contributed by atoms with Crippen LogP contribution in [-0.2, 0) is 0 Å². The van der Waals surface area contributed by atoms with E-state index in [1.54, 1.807) is 36.4 Å². The molecule has 0 atom stereocenters. The van der Waals surface area contributed by atoms with Crippen LogP contribution >= 0.6 is 0 Å². The summed E-state index contributed by atoms with van der Waals surface area (Å²) in [4.78, 5) is 12.3. The van der Waals surface area contributed by atoms with Gasteiger partial charge in [-0.05, 0) is 42.3 Å². The molecule has 1 N–H and O–H groups in total. The van der Waals surface area contributed by atoms with Gasteiger partial charge in [-0.3, -0.25) is 4.79 Å². The fourth-order valence-corrected chi connectivity index (χ4v) is 2.35. The molecular weight excluding hydrogens is 292 g/mol. The van der Waals surface area contributed by atoms with Crippen molar-refractivity contribution in [2.75, 3.05) is 6.61 Å². The molecule has 2 aromatic rings. The predicted molar refractivity (Wildman–Crippen MR) is 87.9 cm³/mol. The van der Waals surface area contributed by atoms with Crippen molar-refractivity contribution in [1.29, 1.82) is 0 Å². The monoisotopic (exact) mass is 310 g/mol. The van der Waals surface area contributed by atoms with Gasteiger partial charge < -0.3 is 14.6 Å². The molecule has 3 rings (SSSR count). The van der Waals surface area contributed by atoms with Gasteiger partial charge in [-0.1, -0.05) is 31.5 Å². The molecule has 23 heavy (non-hydrogen) atoms. The second-order valence-corrected chi connectivity index (χ2v) is 5.37. The Labute approximate surface area is 135 Å². The van der Waals surface area contributed by atoms with Crippen molar-refractivity contribution in [2.45, 2.75) is 19.8 Å². The van der Waals surface area contributed by atoms with Crippen LogP contribution in [0.15, 0.2) is 48.2 Å². The van der Waals surface area contributed by atoms with Gasteiger partial charge in [-0.15, -0.1) is 0 Å². The fraction of sp³-hybridized carbons (Fsp3) is 0.211. The minimum absolute atomic E-state index is 0.0882. The quantitative estimate of drug-likeness (QED) is 0.664. The summed E-state index contributed by atoms with van der Waals surface area (Å²) in [5.41, 5.74) is 1.31. The van der Waals surface area contributed by atoms with Crippen molar-refractivity contribution in [3.8, 4) is 17.2 Å². The summed E-state index contributed by atoms with van der Waals surface area (Å²) in [5, 5.41) is 9.85. The minimum Gasteiger partial charge on any atom is -0.504 e. The molecule has 0 aliphatic carbocycles. The van der Waals surface area contributed by atoms with Crippen LogP contribution < -0.4 is 9.47 Å². The number of phenolic OH excluding ortho intramolecular Hbond substituents is 1. The van der Waals surface area contributed by atoms with E-state index < -0.39 is 0 Å². The number of allylic oxidation sites excluding steroid dienone is 1. The van der Waals surface area contributed by atoms with E-state index in [1.807, 2.05) is 12.1 Å². The maximum atomic E-state index is 12.3. The summed E-state index contributed by atoms with van der Waals surface area (Å²) in [6.45, 7) is 2.62. The van der Waals surface area contributed by atoms with Gasteiger partial charge in [0.25, 0.3) is 0 Å². The number of carbonyl (C=O) groups excluding carboxylic acids is 1. The molecule has 0 spiro atoms. The largest absolute Gasteiger partial charge is 0.504 e. The lowest BCUT2D eigenvalue weighted by Gasteiger charge is -2.08. The molecule has 1 aliphatic rings. The molecule has 0 unspecified atom stereocenters. The topological polar surface area (TPSA) is 55.8 Å². The Balaban J connectivity index is 1.83. The molecule has 0 saturated carbocycles. The van der Waals surface area contributed by atoms with Crippen molar-refractivity contribution >= 4 is 11.9 Å². The number of rotatable bonds is 5. The van der Waals surface area contributed by atoms with Crippen LogP contribution in [0, 0.1) is 0 Å². The average molecular weight is 310 g/mol. The number of ketones is 1. The molecule has 0 amide bonds. The number of phenols is 1. The zero-order valence-corrected chi connectivity index (χ0v) is 12.9. The number of aromatic hydroxyl groups is 1. The summed E-state index contributed by atoms with van der Waals surface area (Å²) >= 11 is 0. The number of benzene rings is 2. The highest BCUT2D eigenvalue weighted by Gasteiger charge is 2.26. The summed E-state index contributed by atoms with van der Waals surface area (Å²) < 4.78 is 11.2. The van der Waals surface area contributed by atoms with Crippen molar-refractivity contribution in [2.24, 2.45) is 0 Å². The van der Waals surface area contributed by atoms with Gasteiger partial charge in [0.05, 0.1) is 12.2 Å². The first kappa shape index (κ1) is 15.2. The van der Waals surface area contributed by atoms with Gasteiger partial charge in [0.15, 0.2) is 17.3 Å². The second kappa shape index (κ2) is 6.57. The van der Waals surface area contributed by atoms with Crippen LogP contribution in [0.5, 0.6) is 17.2 Å². The highest BCUT2D eigenvalue weighted by Crippen LogP contribution is 2.33. The van der Waals surface area contributed by atoms with Gasteiger partial charge in [-0.25, -0.2) is 0 Å². The maximum absolute atomic E-state index is 12.3. The molecule has 0 saturated heterocycles. The highest BCUT2D eigenvalue weighted by atomic mass is 16.5. The van der Waals surface area contributed by atoms with E-state index in [1.165, 1.54) is 0 Å². The number of hydrogen-bond acceptors (Lipinski definition) is 4. The smallest absolute Gasteiger partial charge is 0.231 e. The molecule has 1 aliphatic heterocycles. The van der Waals surface area contributed by atoms with Gasteiger partial charge in [-0.2, -0.15) is 0 Å². The zero-order chi connectivity index (χ0) is 16.2. The molecule has 0 fully saturated rings. The van der Waals surface area contributed by atoms with Crippen LogP contribution in [0.2, 0.25) is 0 Å². The molecule has 1 heterocycles. The Morgan fingerprint density at radius 2 is 2.04 bits per heavy atom. The van der Waals surface area contributed by atoms with Crippen LogP contribution in [0.25, 0.3) is 6.08 Å². The van der Waals surface area contributed by atoms with E-state index in [-0.39, 0.29) is 17.3 Å². The van der Waals surface area contributed by atoms with Gasteiger partial charge in [0, 0.05) is 0 Å². The van der Waals surface area contributed by atoms with Crippen molar-refractivity contribution < 1.29 is 19.4 Å². The third-order valence-electron chi connectivity index (χ3n) is 3.61. The van der Waals surface area contributed by atoms with Gasteiger partial charge in [0.1, 0.15) is 5.75 Å². The van der Waals surface area contributed by atoms with E-state index in [0.29, 0.717) is 23.7 Å².